The third kappa shape index (κ3) is 4.97. The summed E-state index contributed by atoms with van der Waals surface area (Å²) in [4.78, 5) is 0. The van der Waals surface area contributed by atoms with Crippen molar-refractivity contribution in [3.8, 4) is 11.5 Å². The number of hydrogen-bond donors (Lipinski definition) is 0. The second-order valence-electron chi connectivity index (χ2n) is 4.44. The molecule has 2 aromatic carbocycles. The zero-order valence-corrected chi connectivity index (χ0v) is 20.9. The number of hydrogen-bond acceptors (Lipinski definition) is 2. The quantitative estimate of drug-likeness (QED) is 0.237. The van der Waals surface area contributed by atoms with Crippen molar-refractivity contribution in [3.05, 3.63) is 60.7 Å². The van der Waals surface area contributed by atoms with Crippen molar-refractivity contribution in [2.24, 2.45) is 0 Å². The predicted molar refractivity (Wildman–Crippen MR) is 116 cm³/mol. The van der Waals surface area contributed by atoms with Crippen LogP contribution in [0.1, 0.15) is 0 Å². The summed E-state index contributed by atoms with van der Waals surface area (Å²) >= 11 is 21.4. The van der Waals surface area contributed by atoms with Gasteiger partial charge in [0.05, 0.1) is 0 Å². The summed E-state index contributed by atoms with van der Waals surface area (Å²) in [6.45, 7) is 0. The Labute approximate surface area is 185 Å². The van der Waals surface area contributed by atoms with E-state index in [1.54, 1.807) is 0 Å². The first-order valence-corrected chi connectivity index (χ1v) is 11.0. The summed E-state index contributed by atoms with van der Waals surface area (Å²) in [6.07, 6.45) is 0. The molecule has 8 heteroatoms. The minimum Gasteiger partial charge on any atom is -0.441 e. The maximum absolute atomic E-state index is 6.11. The highest BCUT2D eigenvalue weighted by Gasteiger charge is 2.62. The summed E-state index contributed by atoms with van der Waals surface area (Å²) in [5, 5.41) is 0. The molecule has 0 aromatic heterocycles. The lowest BCUT2D eigenvalue weighted by Gasteiger charge is -2.42. The summed E-state index contributed by atoms with van der Waals surface area (Å²) in [7, 11) is 0. The number of para-hydroxylation sites is 2. The lowest BCUT2D eigenvalue weighted by molar-refractivity contribution is -0.0256. The maximum atomic E-state index is 6.11. The van der Waals surface area contributed by atoms with Gasteiger partial charge >= 0.3 is 4.70 Å². The van der Waals surface area contributed by atoms with E-state index in [0.717, 1.165) is 0 Å². The Kier molecular flexibility index (Phi) is 7.11. The molecule has 0 N–H and O–H groups in total. The Morgan fingerprint density at radius 1 is 0.565 bits per heavy atom. The Morgan fingerprint density at radius 3 is 1.22 bits per heavy atom. The van der Waals surface area contributed by atoms with Gasteiger partial charge in [-0.15, -0.1) is 0 Å². The first-order chi connectivity index (χ1) is 10.7. The van der Waals surface area contributed by atoms with Crippen LogP contribution in [0.25, 0.3) is 0 Å². The van der Waals surface area contributed by atoms with Gasteiger partial charge in [0.1, 0.15) is 11.5 Å². The van der Waals surface area contributed by atoms with Gasteiger partial charge in [-0.2, -0.15) is 0 Å². The Balaban J connectivity index is 2.41. The molecule has 2 rings (SSSR count). The summed E-state index contributed by atoms with van der Waals surface area (Å²) in [6, 6.07) is 18.8. The van der Waals surface area contributed by atoms with Gasteiger partial charge in [0.25, 0.3) is 0 Å². The largest absolute Gasteiger partial charge is 0.441 e. The van der Waals surface area contributed by atoms with Crippen LogP contribution in [0.4, 0.5) is 0 Å². The molecule has 2 aromatic rings. The van der Waals surface area contributed by atoms with E-state index in [1.807, 2.05) is 60.7 Å². The zero-order chi connectivity index (χ0) is 17.1. The molecule has 0 heterocycles. The molecule has 0 aliphatic rings. The summed E-state index contributed by atoms with van der Waals surface area (Å²) < 4.78 is 9.17. The van der Waals surface area contributed by atoms with Gasteiger partial charge in [0.15, 0.2) is 2.14 Å². The number of rotatable bonds is 5. The SMILES string of the molecule is BrC(Br)(Br)C(Br)(Br)C(Br)(Oc1ccccc1)Oc1ccccc1. The molecule has 0 amide bonds. The standard InChI is InChI=1S/C15H10Br6O2/c16-13(17,14(18,19)20)15(21,22-11-7-3-1-4-8-11)23-12-9-5-2-6-10-12/h1-10H. The Morgan fingerprint density at radius 2 is 0.913 bits per heavy atom. The molecule has 0 fully saturated rings. The van der Waals surface area contributed by atoms with Gasteiger partial charge in [0.2, 0.25) is 3.23 Å². The first-order valence-electron chi connectivity index (χ1n) is 6.27. The Hall–Kier alpha value is 0.920. The fourth-order valence-corrected chi connectivity index (χ4v) is 4.17. The molecule has 23 heavy (non-hydrogen) atoms. The lowest BCUT2D eigenvalue weighted by atomic mass is 10.3. The van der Waals surface area contributed by atoms with Gasteiger partial charge in [0, 0.05) is 15.9 Å². The normalized spacial score (nSPS) is 12.8. The monoisotopic (exact) mass is 696 g/mol. The van der Waals surface area contributed by atoms with Crippen LogP contribution in [0.2, 0.25) is 0 Å². The smallest absolute Gasteiger partial charge is 0.338 e. The van der Waals surface area contributed by atoms with Crippen molar-refractivity contribution in [3.63, 3.8) is 0 Å². The number of alkyl halides is 6. The second-order valence-corrected chi connectivity index (χ2v) is 15.7. The van der Waals surface area contributed by atoms with Gasteiger partial charge < -0.3 is 9.47 Å². The van der Waals surface area contributed by atoms with E-state index in [4.69, 9.17) is 9.47 Å². The van der Waals surface area contributed by atoms with E-state index in [-0.39, 0.29) is 0 Å². The molecule has 2 nitrogen and oxygen atoms in total. The third-order valence-electron chi connectivity index (χ3n) is 2.72. The van der Waals surface area contributed by atoms with Gasteiger partial charge in [-0.1, -0.05) is 116 Å². The third-order valence-corrected chi connectivity index (χ3v) is 11.9. The van der Waals surface area contributed by atoms with Crippen LogP contribution in [-0.2, 0) is 0 Å². The minimum absolute atomic E-state index is 0.639. The van der Waals surface area contributed by atoms with Crippen LogP contribution < -0.4 is 9.47 Å². The number of halogens is 6. The van der Waals surface area contributed by atoms with Crippen molar-refractivity contribution in [1.29, 1.82) is 0 Å². The zero-order valence-electron chi connectivity index (χ0n) is 11.4. The van der Waals surface area contributed by atoms with E-state index < -0.39 is 10.1 Å². The number of benzene rings is 2. The molecule has 0 saturated heterocycles. The van der Waals surface area contributed by atoms with E-state index in [9.17, 15) is 0 Å². The second kappa shape index (κ2) is 8.08. The average Bonchev–Trinajstić information content (AvgIpc) is 2.48. The van der Waals surface area contributed by atoms with Crippen LogP contribution in [0.15, 0.2) is 60.7 Å². The topological polar surface area (TPSA) is 18.5 Å². The van der Waals surface area contributed by atoms with Crippen molar-refractivity contribution in [1.82, 2.24) is 0 Å². The highest BCUT2D eigenvalue weighted by atomic mass is 80.0. The van der Waals surface area contributed by atoms with Crippen molar-refractivity contribution >= 4 is 95.6 Å². The summed E-state index contributed by atoms with van der Waals surface area (Å²) in [5.41, 5.74) is 0. The molecule has 0 atom stereocenters. The molecule has 0 aliphatic heterocycles. The predicted octanol–water partition coefficient (Wildman–Crippen LogP) is 7.52. The first kappa shape index (κ1) is 20.2. The number of ether oxygens (including phenoxy) is 2. The van der Waals surface area contributed by atoms with Gasteiger partial charge in [-0.3, -0.25) is 0 Å². The lowest BCUT2D eigenvalue weighted by Crippen LogP contribution is -2.56. The van der Waals surface area contributed by atoms with E-state index in [2.05, 4.69) is 95.6 Å². The summed E-state index contributed by atoms with van der Waals surface area (Å²) in [5.74, 6) is 1.28. The van der Waals surface area contributed by atoms with Crippen molar-refractivity contribution in [2.75, 3.05) is 0 Å². The average molecular weight is 702 g/mol. The van der Waals surface area contributed by atoms with Gasteiger partial charge in [-0.25, -0.2) is 0 Å². The van der Waals surface area contributed by atoms with Crippen LogP contribution in [0, 0.1) is 0 Å². The molecule has 124 valence electrons. The van der Waals surface area contributed by atoms with E-state index in [0.29, 0.717) is 11.5 Å². The molecule has 0 aliphatic carbocycles. The fraction of sp³-hybridized carbons (Fsp3) is 0.200. The molecule has 0 radical (unpaired) electrons. The van der Waals surface area contributed by atoms with Crippen LogP contribution >= 0.6 is 95.6 Å². The molecular formula is C15H10Br6O2. The molecular weight excluding hydrogens is 692 g/mol. The molecule has 0 bridgehead atoms. The van der Waals surface area contributed by atoms with E-state index >= 15 is 0 Å². The van der Waals surface area contributed by atoms with Crippen molar-refractivity contribution in [2.45, 2.75) is 10.1 Å². The molecule has 0 saturated carbocycles. The Bertz CT molecular complexity index is 586. The molecule has 0 spiro atoms. The molecule has 0 unspecified atom stereocenters. The van der Waals surface area contributed by atoms with Crippen LogP contribution in [0.3, 0.4) is 0 Å². The highest BCUT2D eigenvalue weighted by Crippen LogP contribution is 2.60. The van der Waals surface area contributed by atoms with Gasteiger partial charge in [-0.05, 0) is 24.3 Å². The van der Waals surface area contributed by atoms with Crippen LogP contribution in [-0.4, -0.2) is 10.1 Å². The van der Waals surface area contributed by atoms with Crippen molar-refractivity contribution < 1.29 is 9.47 Å². The maximum Gasteiger partial charge on any atom is 0.338 e. The van der Waals surface area contributed by atoms with Crippen LogP contribution in [0.5, 0.6) is 11.5 Å². The highest BCUT2D eigenvalue weighted by molar-refractivity contribution is 9.41. The van der Waals surface area contributed by atoms with E-state index in [1.165, 1.54) is 0 Å². The fourth-order valence-electron chi connectivity index (χ4n) is 1.60. The minimum atomic E-state index is -1.31.